The van der Waals surface area contributed by atoms with E-state index >= 15 is 0 Å². The molecule has 0 bridgehead atoms. The van der Waals surface area contributed by atoms with Crippen molar-refractivity contribution in [1.29, 1.82) is 0 Å². The van der Waals surface area contributed by atoms with Crippen molar-refractivity contribution in [3.8, 4) is 5.75 Å². The van der Waals surface area contributed by atoms with Crippen LogP contribution in [0, 0.1) is 0 Å². The molecule has 1 N–H and O–H groups in total. The van der Waals surface area contributed by atoms with Crippen LogP contribution in [0.25, 0.3) is 11.0 Å². The van der Waals surface area contributed by atoms with Crippen LogP contribution in [0.5, 0.6) is 5.75 Å². The van der Waals surface area contributed by atoms with E-state index in [1.165, 1.54) is 5.57 Å². The van der Waals surface area contributed by atoms with Gasteiger partial charge in [0.05, 0.1) is 31.4 Å². The Labute approximate surface area is 177 Å². The second-order valence-corrected chi connectivity index (χ2v) is 8.40. The summed E-state index contributed by atoms with van der Waals surface area (Å²) in [4.78, 5) is 16.0. The van der Waals surface area contributed by atoms with E-state index in [-0.39, 0.29) is 6.10 Å². The fraction of sp³-hybridized carbons (Fsp3) is 0.522. The van der Waals surface area contributed by atoms with Crippen LogP contribution in [0.4, 0.5) is 5.69 Å². The van der Waals surface area contributed by atoms with E-state index in [1.54, 1.807) is 12.4 Å². The summed E-state index contributed by atoms with van der Waals surface area (Å²) in [6.45, 7) is 6.24. The largest absolute Gasteiger partial charge is 0.488 e. The van der Waals surface area contributed by atoms with Crippen molar-refractivity contribution in [3.05, 3.63) is 36.2 Å². The molecule has 0 amide bonds. The van der Waals surface area contributed by atoms with E-state index in [0.717, 1.165) is 86.8 Å². The summed E-state index contributed by atoms with van der Waals surface area (Å²) < 4.78 is 12.0. The van der Waals surface area contributed by atoms with Crippen LogP contribution in [0.15, 0.2) is 41.2 Å². The lowest BCUT2D eigenvalue weighted by Gasteiger charge is -2.31. The molecule has 1 saturated heterocycles. The topological polar surface area (TPSA) is 71.9 Å². The molecular formula is C23H29N5O2. The van der Waals surface area contributed by atoms with Gasteiger partial charge < -0.3 is 19.7 Å². The zero-order valence-electron chi connectivity index (χ0n) is 17.5. The van der Waals surface area contributed by atoms with E-state index in [1.807, 2.05) is 0 Å². The van der Waals surface area contributed by atoms with E-state index in [2.05, 4.69) is 50.3 Å². The molecule has 3 heterocycles. The number of aliphatic imine (C=N–C) groups is 1. The quantitative estimate of drug-likeness (QED) is 0.840. The summed E-state index contributed by atoms with van der Waals surface area (Å²) >= 11 is 0. The molecule has 2 fully saturated rings. The summed E-state index contributed by atoms with van der Waals surface area (Å²) in [7, 11) is 0. The minimum Gasteiger partial charge on any atom is -0.488 e. The number of nitrogens with zero attached hydrogens (tertiary/aromatic N) is 4. The first-order valence-corrected chi connectivity index (χ1v) is 11.0. The molecule has 30 heavy (non-hydrogen) atoms. The Kier molecular flexibility index (Phi) is 5.53. The second-order valence-electron chi connectivity index (χ2n) is 8.40. The van der Waals surface area contributed by atoms with E-state index in [9.17, 15) is 0 Å². The highest BCUT2D eigenvalue weighted by Crippen LogP contribution is 2.33. The number of ether oxygens (including phenoxy) is 2. The molecule has 0 spiro atoms. The molecule has 2 aliphatic heterocycles. The molecule has 3 aliphatic rings. The smallest absolute Gasteiger partial charge is 0.149 e. The number of rotatable bonds is 4. The molecule has 7 nitrogen and oxygen atoms in total. The number of morpholine rings is 1. The molecule has 0 radical (unpaired) electrons. The predicted octanol–water partition coefficient (Wildman–Crippen LogP) is 3.10. The van der Waals surface area contributed by atoms with Gasteiger partial charge in [0.15, 0.2) is 0 Å². The first-order chi connectivity index (χ1) is 14.7. The van der Waals surface area contributed by atoms with Crippen molar-refractivity contribution in [2.45, 2.75) is 44.8 Å². The standard InChI is InChI=1S/C23H29N5O2/c1-16-12-22(26-15-16)27-17-2-4-19(5-3-17)30-21-14-18(28-8-10-29-11-9-28)13-20-23(21)25-7-6-24-20/h6-7,12-14,17,19H,2-5,8-11,15H2,1H3,(H,26,27). The van der Waals surface area contributed by atoms with E-state index in [4.69, 9.17) is 9.47 Å². The van der Waals surface area contributed by atoms with Crippen molar-refractivity contribution in [2.75, 3.05) is 37.7 Å². The molecule has 7 heteroatoms. The molecule has 158 valence electrons. The van der Waals surface area contributed by atoms with Crippen molar-refractivity contribution in [1.82, 2.24) is 15.3 Å². The zero-order valence-corrected chi connectivity index (χ0v) is 17.5. The Balaban J connectivity index is 1.28. The average Bonchev–Trinajstić information content (AvgIpc) is 3.20. The number of hydrogen-bond donors (Lipinski definition) is 1. The van der Waals surface area contributed by atoms with E-state index < -0.39 is 0 Å². The number of anilines is 1. The molecule has 2 aromatic rings. The van der Waals surface area contributed by atoms with Gasteiger partial charge in [-0.1, -0.05) is 0 Å². The number of hydrogen-bond acceptors (Lipinski definition) is 7. The number of benzene rings is 1. The maximum Gasteiger partial charge on any atom is 0.149 e. The maximum atomic E-state index is 6.51. The Morgan fingerprint density at radius 1 is 1.07 bits per heavy atom. The lowest BCUT2D eigenvalue weighted by Crippen LogP contribution is -2.38. The van der Waals surface area contributed by atoms with Crippen molar-refractivity contribution < 1.29 is 9.47 Å². The van der Waals surface area contributed by atoms with Gasteiger partial charge >= 0.3 is 0 Å². The minimum absolute atomic E-state index is 0.205. The average molecular weight is 408 g/mol. The first-order valence-electron chi connectivity index (χ1n) is 11.0. The fourth-order valence-corrected chi connectivity index (χ4v) is 4.46. The van der Waals surface area contributed by atoms with Gasteiger partial charge in [0.2, 0.25) is 0 Å². The van der Waals surface area contributed by atoms with Gasteiger partial charge in [-0.3, -0.25) is 9.98 Å². The Morgan fingerprint density at radius 3 is 2.63 bits per heavy atom. The molecule has 0 atom stereocenters. The molecule has 0 unspecified atom stereocenters. The number of fused-ring (bicyclic) bond motifs is 1. The highest BCUT2D eigenvalue weighted by atomic mass is 16.5. The zero-order chi connectivity index (χ0) is 20.3. The van der Waals surface area contributed by atoms with Gasteiger partial charge in [0.1, 0.15) is 17.1 Å². The van der Waals surface area contributed by atoms with Crippen LogP contribution in [0.3, 0.4) is 0 Å². The highest BCUT2D eigenvalue weighted by Gasteiger charge is 2.25. The van der Waals surface area contributed by atoms with Crippen LogP contribution in [0.1, 0.15) is 32.6 Å². The lowest BCUT2D eigenvalue weighted by molar-refractivity contribution is 0.122. The molecule has 1 aromatic heterocycles. The first kappa shape index (κ1) is 19.3. The molecular weight excluding hydrogens is 378 g/mol. The van der Waals surface area contributed by atoms with Crippen molar-refractivity contribution >= 4 is 22.6 Å². The van der Waals surface area contributed by atoms with E-state index in [0.29, 0.717) is 6.04 Å². The molecule has 5 rings (SSSR count). The summed E-state index contributed by atoms with van der Waals surface area (Å²) in [5.41, 5.74) is 4.18. The van der Waals surface area contributed by atoms with Gasteiger partial charge in [0, 0.05) is 43.3 Å². The van der Waals surface area contributed by atoms with Crippen LogP contribution in [-0.2, 0) is 4.74 Å². The SMILES string of the molecule is CC1=CC(NC2CCC(Oc3cc(N4CCOCC4)cc4nccnc34)CC2)=NC1. The summed E-state index contributed by atoms with van der Waals surface area (Å²) in [5, 5.41) is 3.59. The Hall–Kier alpha value is -2.67. The maximum absolute atomic E-state index is 6.51. The number of aromatic nitrogens is 2. The molecule has 1 saturated carbocycles. The predicted molar refractivity (Wildman–Crippen MR) is 118 cm³/mol. The van der Waals surface area contributed by atoms with Crippen LogP contribution < -0.4 is 15.0 Å². The number of nitrogens with one attached hydrogen (secondary N) is 1. The van der Waals surface area contributed by atoms with Gasteiger partial charge in [-0.05, 0) is 50.3 Å². The lowest BCUT2D eigenvalue weighted by atomic mass is 9.93. The third-order valence-corrected chi connectivity index (χ3v) is 6.10. The number of amidine groups is 1. The Bertz CT molecular complexity index is 959. The normalized spacial score (nSPS) is 24.5. The highest BCUT2D eigenvalue weighted by molar-refractivity contribution is 5.95. The van der Waals surface area contributed by atoms with Crippen molar-refractivity contribution in [3.63, 3.8) is 0 Å². The minimum atomic E-state index is 0.205. The molecule has 1 aliphatic carbocycles. The van der Waals surface area contributed by atoms with Gasteiger partial charge in [-0.2, -0.15) is 0 Å². The third-order valence-electron chi connectivity index (χ3n) is 6.10. The van der Waals surface area contributed by atoms with Crippen LogP contribution in [0.2, 0.25) is 0 Å². The van der Waals surface area contributed by atoms with Crippen LogP contribution in [-0.4, -0.2) is 60.8 Å². The van der Waals surface area contributed by atoms with Crippen LogP contribution >= 0.6 is 0 Å². The Morgan fingerprint density at radius 2 is 1.87 bits per heavy atom. The monoisotopic (exact) mass is 407 g/mol. The van der Waals surface area contributed by atoms with Gasteiger partial charge in [-0.25, -0.2) is 4.98 Å². The third kappa shape index (κ3) is 4.26. The van der Waals surface area contributed by atoms with Crippen molar-refractivity contribution in [2.24, 2.45) is 4.99 Å². The summed E-state index contributed by atoms with van der Waals surface area (Å²) in [5.74, 6) is 1.88. The molecule has 1 aromatic carbocycles. The summed E-state index contributed by atoms with van der Waals surface area (Å²) in [6.07, 6.45) is 10.1. The fourth-order valence-electron chi connectivity index (χ4n) is 4.46. The second kappa shape index (κ2) is 8.60. The van der Waals surface area contributed by atoms with Gasteiger partial charge in [-0.15, -0.1) is 0 Å². The summed E-state index contributed by atoms with van der Waals surface area (Å²) in [6, 6.07) is 4.72. The van der Waals surface area contributed by atoms with Gasteiger partial charge in [0.25, 0.3) is 0 Å².